The van der Waals surface area contributed by atoms with Gasteiger partial charge in [-0.3, -0.25) is 0 Å². The number of halogens is 2. The molecule has 4 heteroatoms. The van der Waals surface area contributed by atoms with E-state index >= 15 is 0 Å². The van der Waals surface area contributed by atoms with Crippen LogP contribution in [0.5, 0.6) is 0 Å². The van der Waals surface area contributed by atoms with Gasteiger partial charge in [0.15, 0.2) is 11.6 Å². The smallest absolute Gasteiger partial charge is 0.159 e. The first-order valence-electron chi connectivity index (χ1n) is 6.41. The summed E-state index contributed by atoms with van der Waals surface area (Å²) in [7, 11) is 0. The lowest BCUT2D eigenvalue weighted by Crippen LogP contribution is -2.22. The van der Waals surface area contributed by atoms with Crippen molar-refractivity contribution in [2.75, 3.05) is 0 Å². The summed E-state index contributed by atoms with van der Waals surface area (Å²) in [5.41, 5.74) is 8.29. The van der Waals surface area contributed by atoms with E-state index in [4.69, 9.17) is 5.73 Å². The molecule has 2 N–H and O–H groups in total. The molecule has 20 heavy (non-hydrogen) atoms. The molecule has 0 heterocycles. The lowest BCUT2D eigenvalue weighted by molar-refractivity contribution is 0.506. The maximum Gasteiger partial charge on any atom is 0.159 e. The zero-order valence-corrected chi connectivity index (χ0v) is 12.3. The summed E-state index contributed by atoms with van der Waals surface area (Å²) < 4.78 is 26.2. The molecule has 0 aliphatic rings. The van der Waals surface area contributed by atoms with E-state index in [-0.39, 0.29) is 11.3 Å². The zero-order chi connectivity index (χ0) is 14.7. The Kier molecular flexibility index (Phi) is 4.78. The number of benzene rings is 2. The summed E-state index contributed by atoms with van der Waals surface area (Å²) >= 11 is 1.45. The molecule has 0 amide bonds. The third-order valence-corrected chi connectivity index (χ3v) is 4.52. The van der Waals surface area contributed by atoms with E-state index in [1.165, 1.54) is 23.4 Å². The Balaban J connectivity index is 2.25. The summed E-state index contributed by atoms with van der Waals surface area (Å²) in [6.07, 6.45) is 0. The number of hydrogen-bond donors (Lipinski definition) is 1. The molecular weight excluding hydrogens is 276 g/mol. The van der Waals surface area contributed by atoms with Gasteiger partial charge in [0, 0.05) is 16.2 Å². The van der Waals surface area contributed by atoms with Crippen LogP contribution in [0.4, 0.5) is 8.78 Å². The molecule has 2 rings (SSSR count). The quantitative estimate of drug-likeness (QED) is 0.843. The summed E-state index contributed by atoms with van der Waals surface area (Å²) in [4.78, 5) is 0.673. The van der Waals surface area contributed by atoms with Gasteiger partial charge in [-0.05, 0) is 37.6 Å². The van der Waals surface area contributed by atoms with Crippen molar-refractivity contribution < 1.29 is 8.78 Å². The van der Waals surface area contributed by atoms with Gasteiger partial charge >= 0.3 is 0 Å². The maximum absolute atomic E-state index is 13.3. The monoisotopic (exact) mass is 293 g/mol. The molecule has 2 aromatic carbocycles. The second-order valence-electron chi connectivity index (χ2n) is 4.88. The van der Waals surface area contributed by atoms with Crippen LogP contribution < -0.4 is 5.73 Å². The number of aryl methyl sites for hydroxylation is 1. The largest absolute Gasteiger partial charge is 0.327 e. The van der Waals surface area contributed by atoms with Crippen molar-refractivity contribution in [3.8, 4) is 0 Å². The summed E-state index contributed by atoms with van der Waals surface area (Å²) in [6.45, 7) is 3.94. The molecule has 0 spiro atoms. The van der Waals surface area contributed by atoms with Gasteiger partial charge in [0.2, 0.25) is 0 Å². The zero-order valence-electron chi connectivity index (χ0n) is 11.4. The maximum atomic E-state index is 13.3. The van der Waals surface area contributed by atoms with E-state index in [2.05, 4.69) is 0 Å². The molecule has 0 aliphatic carbocycles. The second-order valence-corrected chi connectivity index (χ2v) is 6.10. The Bertz CT molecular complexity index is 582. The number of hydrogen-bond acceptors (Lipinski definition) is 2. The second kappa shape index (κ2) is 6.37. The van der Waals surface area contributed by atoms with Crippen molar-refractivity contribution in [2.45, 2.75) is 30.0 Å². The minimum absolute atomic E-state index is 0.000427. The molecule has 0 fully saturated rings. The molecule has 0 saturated heterocycles. The molecule has 0 bridgehead atoms. The first kappa shape index (κ1) is 15.0. The van der Waals surface area contributed by atoms with Gasteiger partial charge in [-0.15, -0.1) is 11.8 Å². The molecule has 0 radical (unpaired) electrons. The van der Waals surface area contributed by atoms with Gasteiger partial charge in [-0.1, -0.05) is 29.8 Å². The van der Waals surface area contributed by atoms with E-state index in [1.807, 2.05) is 38.1 Å². The molecule has 2 aromatic rings. The average molecular weight is 293 g/mol. The Labute approximate surface area is 122 Å². The fourth-order valence-corrected chi connectivity index (χ4v) is 3.05. The van der Waals surface area contributed by atoms with E-state index < -0.39 is 11.6 Å². The van der Waals surface area contributed by atoms with Gasteiger partial charge in [0.25, 0.3) is 0 Å². The molecule has 0 aliphatic heterocycles. The lowest BCUT2D eigenvalue weighted by Gasteiger charge is -2.21. The minimum Gasteiger partial charge on any atom is -0.327 e. The van der Waals surface area contributed by atoms with Crippen molar-refractivity contribution in [3.05, 3.63) is 65.2 Å². The highest BCUT2D eigenvalue weighted by Crippen LogP contribution is 2.37. The van der Waals surface area contributed by atoms with Crippen LogP contribution in [-0.4, -0.2) is 6.04 Å². The predicted octanol–water partition coefficient (Wildman–Crippen LogP) is 4.45. The third-order valence-electron chi connectivity index (χ3n) is 3.04. The first-order valence-corrected chi connectivity index (χ1v) is 7.29. The van der Waals surface area contributed by atoms with Gasteiger partial charge in [-0.2, -0.15) is 0 Å². The van der Waals surface area contributed by atoms with Crippen molar-refractivity contribution >= 4 is 11.8 Å². The van der Waals surface area contributed by atoms with E-state index in [9.17, 15) is 8.78 Å². The van der Waals surface area contributed by atoms with Crippen LogP contribution in [0, 0.1) is 18.6 Å². The van der Waals surface area contributed by atoms with E-state index in [0.29, 0.717) is 4.90 Å². The fourth-order valence-electron chi connectivity index (χ4n) is 1.93. The molecule has 106 valence electrons. The highest BCUT2D eigenvalue weighted by atomic mass is 32.2. The van der Waals surface area contributed by atoms with Crippen LogP contribution in [0.25, 0.3) is 0 Å². The molecular formula is C16H17F2NS. The SMILES string of the molecule is Cc1ccc(C(Sc2ccc(F)c(F)c2)C(C)N)cc1. The van der Waals surface area contributed by atoms with Crippen molar-refractivity contribution in [2.24, 2.45) is 5.73 Å². The van der Waals surface area contributed by atoms with E-state index in [1.54, 1.807) is 6.07 Å². The van der Waals surface area contributed by atoms with Crippen LogP contribution in [0.2, 0.25) is 0 Å². The Morgan fingerprint density at radius 1 is 1.00 bits per heavy atom. The highest BCUT2D eigenvalue weighted by Gasteiger charge is 2.18. The van der Waals surface area contributed by atoms with Crippen molar-refractivity contribution in [1.82, 2.24) is 0 Å². The van der Waals surface area contributed by atoms with Crippen molar-refractivity contribution in [1.29, 1.82) is 0 Å². The molecule has 2 unspecified atom stereocenters. The topological polar surface area (TPSA) is 26.0 Å². The minimum atomic E-state index is -0.831. The van der Waals surface area contributed by atoms with Gasteiger partial charge in [0.05, 0.1) is 0 Å². The summed E-state index contributed by atoms with van der Waals surface area (Å²) in [5, 5.41) is 0.000427. The summed E-state index contributed by atoms with van der Waals surface area (Å²) in [6, 6.07) is 11.9. The van der Waals surface area contributed by atoms with Crippen LogP contribution in [0.15, 0.2) is 47.4 Å². The van der Waals surface area contributed by atoms with Crippen LogP contribution >= 0.6 is 11.8 Å². The predicted molar refractivity (Wildman–Crippen MR) is 79.8 cm³/mol. The van der Waals surface area contributed by atoms with Crippen molar-refractivity contribution in [3.63, 3.8) is 0 Å². The highest BCUT2D eigenvalue weighted by molar-refractivity contribution is 7.99. The Hall–Kier alpha value is -1.39. The summed E-state index contributed by atoms with van der Waals surface area (Å²) in [5.74, 6) is -1.66. The standard InChI is InChI=1S/C16H17F2NS/c1-10-3-5-12(6-4-10)16(11(2)19)20-13-7-8-14(17)15(18)9-13/h3-9,11,16H,19H2,1-2H3. The number of rotatable bonds is 4. The fraction of sp³-hybridized carbons (Fsp3) is 0.250. The number of nitrogens with two attached hydrogens (primary N) is 1. The number of thioether (sulfide) groups is 1. The molecule has 1 nitrogen and oxygen atoms in total. The van der Waals surface area contributed by atoms with Gasteiger partial charge in [-0.25, -0.2) is 8.78 Å². The molecule has 2 atom stereocenters. The van der Waals surface area contributed by atoms with E-state index in [0.717, 1.165) is 11.6 Å². The third kappa shape index (κ3) is 3.58. The Morgan fingerprint density at radius 2 is 1.65 bits per heavy atom. The van der Waals surface area contributed by atoms with Crippen LogP contribution in [0.3, 0.4) is 0 Å². The average Bonchev–Trinajstić information content (AvgIpc) is 2.41. The molecule has 0 saturated carbocycles. The lowest BCUT2D eigenvalue weighted by atomic mass is 10.1. The van der Waals surface area contributed by atoms with Crippen LogP contribution in [0.1, 0.15) is 23.3 Å². The Morgan fingerprint density at radius 3 is 2.20 bits per heavy atom. The van der Waals surface area contributed by atoms with Gasteiger partial charge < -0.3 is 5.73 Å². The normalized spacial score (nSPS) is 14.1. The van der Waals surface area contributed by atoms with Gasteiger partial charge in [0.1, 0.15) is 0 Å². The molecule has 0 aromatic heterocycles. The van der Waals surface area contributed by atoms with Crippen LogP contribution in [-0.2, 0) is 0 Å². The first-order chi connectivity index (χ1) is 9.47.